The zero-order valence-electron chi connectivity index (χ0n) is 11.1. The second-order valence-electron chi connectivity index (χ2n) is 4.84. The highest BCUT2D eigenvalue weighted by atomic mass is 16.6. The van der Waals surface area contributed by atoms with E-state index in [-0.39, 0.29) is 0 Å². The predicted molar refractivity (Wildman–Crippen MR) is 63.2 cm³/mol. The lowest BCUT2D eigenvalue weighted by Crippen LogP contribution is -2.69. The van der Waals surface area contributed by atoms with Gasteiger partial charge in [0, 0.05) is 6.92 Å². The van der Waals surface area contributed by atoms with Gasteiger partial charge in [-0.25, -0.2) is 0 Å². The van der Waals surface area contributed by atoms with E-state index in [0.717, 1.165) is 13.8 Å². The van der Waals surface area contributed by atoms with Crippen LogP contribution in [0, 0.1) is 0 Å². The van der Waals surface area contributed by atoms with Crippen LogP contribution in [0.1, 0.15) is 13.8 Å². The van der Waals surface area contributed by atoms with Crippen molar-refractivity contribution in [2.75, 3.05) is 6.61 Å². The van der Waals surface area contributed by atoms with E-state index in [2.05, 4.69) is 5.32 Å². The van der Waals surface area contributed by atoms with Crippen molar-refractivity contribution in [3.63, 3.8) is 0 Å². The van der Waals surface area contributed by atoms with Gasteiger partial charge in [-0.15, -0.1) is 0 Å². The molecule has 1 aliphatic heterocycles. The second kappa shape index (κ2) is 6.12. The predicted octanol–water partition coefficient (Wildman–Crippen LogP) is -3.76. The Morgan fingerprint density at radius 3 is 2.50 bits per heavy atom. The largest absolute Gasteiger partial charge is 0.394 e. The molecule has 116 valence electrons. The van der Waals surface area contributed by atoms with Crippen LogP contribution in [0.4, 0.5) is 0 Å². The van der Waals surface area contributed by atoms with Crippen LogP contribution in [0.2, 0.25) is 0 Å². The minimum atomic E-state index is -2.38. The summed E-state index contributed by atoms with van der Waals surface area (Å²) < 4.78 is 4.96. The average Bonchev–Trinajstić information content (AvgIpc) is 2.37. The number of carbonyl (C=O) groups excluding carboxylic acids is 2. The van der Waals surface area contributed by atoms with Crippen molar-refractivity contribution in [2.45, 2.75) is 50.1 Å². The fraction of sp³-hybridized carbons (Fsp3) is 0.818. The minimum Gasteiger partial charge on any atom is -0.394 e. The third kappa shape index (κ3) is 3.32. The van der Waals surface area contributed by atoms with Gasteiger partial charge in [-0.05, 0) is 6.92 Å². The Morgan fingerprint density at radius 2 is 2.05 bits per heavy atom. The van der Waals surface area contributed by atoms with E-state index in [4.69, 9.17) is 9.84 Å². The molecular formula is C11H19NO8. The summed E-state index contributed by atoms with van der Waals surface area (Å²) in [5.74, 6) is -4.07. The number of aliphatic hydroxyl groups excluding tert-OH is 4. The van der Waals surface area contributed by atoms with Crippen molar-refractivity contribution in [2.24, 2.45) is 0 Å². The summed E-state index contributed by atoms with van der Waals surface area (Å²) in [5, 5.41) is 49.8. The van der Waals surface area contributed by atoms with Gasteiger partial charge in [-0.1, -0.05) is 0 Å². The van der Waals surface area contributed by atoms with Crippen molar-refractivity contribution >= 4 is 11.7 Å². The van der Waals surface area contributed by atoms with Crippen LogP contribution in [-0.4, -0.2) is 80.1 Å². The Balaban J connectivity index is 3.07. The lowest BCUT2D eigenvalue weighted by atomic mass is 9.88. The SMILES string of the molecule is CC(=O)N[C@H]1[C@H]([C@H](O)[C@H](O)CO)O[C@@](C)(O)C(=O)[C@@H]1O. The Kier molecular flexibility index (Phi) is 5.19. The number of hydrogen-bond donors (Lipinski definition) is 6. The highest BCUT2D eigenvalue weighted by Gasteiger charge is 2.53. The molecule has 1 saturated heterocycles. The number of amides is 1. The second-order valence-corrected chi connectivity index (χ2v) is 4.84. The van der Waals surface area contributed by atoms with Crippen molar-refractivity contribution < 1.29 is 39.9 Å². The summed E-state index contributed by atoms with van der Waals surface area (Å²) in [6.45, 7) is 1.28. The first kappa shape index (κ1) is 17.0. The minimum absolute atomic E-state index is 0.609. The smallest absolute Gasteiger partial charge is 0.226 e. The third-order valence-corrected chi connectivity index (χ3v) is 3.07. The third-order valence-electron chi connectivity index (χ3n) is 3.07. The highest BCUT2D eigenvalue weighted by Crippen LogP contribution is 2.27. The zero-order chi connectivity index (χ0) is 15.7. The normalized spacial score (nSPS) is 37.4. The van der Waals surface area contributed by atoms with Crippen LogP contribution >= 0.6 is 0 Å². The van der Waals surface area contributed by atoms with Gasteiger partial charge in [0.15, 0.2) is 0 Å². The van der Waals surface area contributed by atoms with Crippen molar-refractivity contribution in [3.05, 3.63) is 0 Å². The number of hydrogen-bond acceptors (Lipinski definition) is 8. The highest BCUT2D eigenvalue weighted by molar-refractivity contribution is 5.91. The summed E-state index contributed by atoms with van der Waals surface area (Å²) in [6.07, 6.45) is -6.67. The molecular weight excluding hydrogens is 274 g/mol. The number of ketones is 1. The first-order chi connectivity index (χ1) is 9.11. The van der Waals surface area contributed by atoms with Gasteiger partial charge in [-0.3, -0.25) is 9.59 Å². The van der Waals surface area contributed by atoms with Gasteiger partial charge in [0.2, 0.25) is 17.5 Å². The molecule has 1 fully saturated rings. The van der Waals surface area contributed by atoms with Crippen molar-refractivity contribution in [1.82, 2.24) is 5.32 Å². The Bertz CT molecular complexity index is 385. The van der Waals surface area contributed by atoms with E-state index >= 15 is 0 Å². The maximum Gasteiger partial charge on any atom is 0.226 e. The summed E-state index contributed by atoms with van der Waals surface area (Å²) in [6, 6.07) is -1.36. The van der Waals surface area contributed by atoms with E-state index < -0.39 is 54.5 Å². The van der Waals surface area contributed by atoms with Gasteiger partial charge in [-0.2, -0.15) is 0 Å². The monoisotopic (exact) mass is 293 g/mol. The topological polar surface area (TPSA) is 157 Å². The summed E-state index contributed by atoms with van der Waals surface area (Å²) in [4.78, 5) is 22.8. The van der Waals surface area contributed by atoms with E-state index in [1.807, 2.05) is 0 Å². The molecule has 1 rings (SSSR count). The average molecular weight is 293 g/mol. The van der Waals surface area contributed by atoms with Gasteiger partial charge in [0.25, 0.3) is 0 Å². The van der Waals surface area contributed by atoms with E-state index in [0.29, 0.717) is 0 Å². The lowest BCUT2D eigenvalue weighted by Gasteiger charge is -2.44. The van der Waals surface area contributed by atoms with Crippen LogP contribution in [-0.2, 0) is 14.3 Å². The molecule has 9 nitrogen and oxygen atoms in total. The van der Waals surface area contributed by atoms with Crippen LogP contribution < -0.4 is 5.32 Å². The Hall–Kier alpha value is -1.10. The van der Waals surface area contributed by atoms with Crippen molar-refractivity contribution in [1.29, 1.82) is 0 Å². The fourth-order valence-corrected chi connectivity index (χ4v) is 2.02. The van der Waals surface area contributed by atoms with E-state index in [1.54, 1.807) is 0 Å². The molecule has 1 amide bonds. The number of Topliss-reactive ketones (excluding diaryl/α,β-unsaturated/α-hetero) is 1. The summed E-state index contributed by atoms with van der Waals surface area (Å²) in [7, 11) is 0. The maximum atomic E-state index is 11.7. The molecule has 0 spiro atoms. The molecule has 20 heavy (non-hydrogen) atoms. The standard InChI is InChI=1S/C11H19NO8/c1-4(14)12-6-8(17)10(18)11(2,19)20-9(6)7(16)5(15)3-13/h5-9,13,15-17,19H,3H2,1-2H3,(H,12,14)/t5-,6-,7-,8-,9-,11-/m1/s1. The number of aliphatic hydroxyl groups is 5. The summed E-state index contributed by atoms with van der Waals surface area (Å²) >= 11 is 0. The molecule has 0 radical (unpaired) electrons. The molecule has 0 saturated carbocycles. The number of ether oxygens (including phenoxy) is 1. The maximum absolute atomic E-state index is 11.7. The van der Waals surface area contributed by atoms with Crippen molar-refractivity contribution in [3.8, 4) is 0 Å². The molecule has 0 bridgehead atoms. The lowest BCUT2D eigenvalue weighted by molar-refractivity contribution is -0.268. The zero-order valence-corrected chi connectivity index (χ0v) is 11.1. The summed E-state index contributed by atoms with van der Waals surface area (Å²) in [5.41, 5.74) is 0. The number of carbonyl (C=O) groups is 2. The molecule has 1 aliphatic rings. The molecule has 0 aliphatic carbocycles. The van der Waals surface area contributed by atoms with E-state index in [1.165, 1.54) is 0 Å². The Labute approximate surface area is 114 Å². The molecule has 0 unspecified atom stereocenters. The molecule has 6 N–H and O–H groups in total. The molecule has 9 heteroatoms. The molecule has 6 atom stereocenters. The number of nitrogens with one attached hydrogen (secondary N) is 1. The van der Waals surface area contributed by atoms with Gasteiger partial charge in [0.1, 0.15) is 24.4 Å². The first-order valence-electron chi connectivity index (χ1n) is 5.98. The molecule has 1 heterocycles. The van der Waals surface area contributed by atoms with E-state index in [9.17, 15) is 30.0 Å². The number of rotatable bonds is 4. The molecule has 0 aromatic carbocycles. The first-order valence-corrected chi connectivity index (χ1v) is 5.98. The van der Waals surface area contributed by atoms with Crippen LogP contribution in [0.5, 0.6) is 0 Å². The van der Waals surface area contributed by atoms with Gasteiger partial charge >= 0.3 is 0 Å². The van der Waals surface area contributed by atoms with Crippen LogP contribution in [0.15, 0.2) is 0 Å². The quantitative estimate of drug-likeness (QED) is 0.308. The Morgan fingerprint density at radius 1 is 1.50 bits per heavy atom. The molecule has 0 aromatic heterocycles. The molecule has 0 aromatic rings. The van der Waals surface area contributed by atoms with Gasteiger partial charge in [0.05, 0.1) is 12.6 Å². The van der Waals surface area contributed by atoms with Crippen LogP contribution in [0.25, 0.3) is 0 Å². The van der Waals surface area contributed by atoms with Gasteiger partial charge < -0.3 is 35.6 Å². The fourth-order valence-electron chi connectivity index (χ4n) is 2.02. The van der Waals surface area contributed by atoms with Crippen LogP contribution in [0.3, 0.4) is 0 Å².